The number of benzene rings is 1. The predicted molar refractivity (Wildman–Crippen MR) is 115 cm³/mol. The highest BCUT2D eigenvalue weighted by Crippen LogP contribution is 2.29. The molecule has 8 nitrogen and oxygen atoms in total. The Morgan fingerprint density at radius 1 is 0.967 bits per heavy atom. The van der Waals surface area contributed by atoms with Crippen molar-refractivity contribution in [3.63, 3.8) is 0 Å². The molecule has 0 atom stereocenters. The minimum atomic E-state index is 0.0648. The third-order valence-electron chi connectivity index (χ3n) is 6.21. The summed E-state index contributed by atoms with van der Waals surface area (Å²) < 4.78 is 1.82. The van der Waals surface area contributed by atoms with Gasteiger partial charge >= 0.3 is 0 Å². The van der Waals surface area contributed by atoms with E-state index in [1.165, 1.54) is 12.8 Å². The molecular weight excluding hydrogens is 378 g/mol. The van der Waals surface area contributed by atoms with Gasteiger partial charge in [0.05, 0.1) is 17.2 Å². The summed E-state index contributed by atoms with van der Waals surface area (Å²) in [4.78, 5) is 30.4. The van der Waals surface area contributed by atoms with Crippen LogP contribution in [0.2, 0.25) is 0 Å². The molecule has 0 radical (unpaired) electrons. The van der Waals surface area contributed by atoms with Gasteiger partial charge in [-0.2, -0.15) is 5.26 Å². The first-order valence-corrected chi connectivity index (χ1v) is 10.5. The van der Waals surface area contributed by atoms with Crippen LogP contribution in [0.3, 0.4) is 0 Å². The van der Waals surface area contributed by atoms with Crippen LogP contribution in [0.15, 0.2) is 41.7 Å². The maximum Gasteiger partial charge on any atom is 0.261 e. The molecule has 5 rings (SSSR count). The molecule has 1 aliphatic heterocycles. The average Bonchev–Trinajstić information content (AvgIpc) is 3.34. The predicted octanol–water partition coefficient (Wildman–Crippen LogP) is 2.50. The molecule has 3 aromatic rings. The van der Waals surface area contributed by atoms with Gasteiger partial charge < -0.3 is 9.80 Å². The molecule has 2 fully saturated rings. The van der Waals surface area contributed by atoms with Crippen LogP contribution in [0.5, 0.6) is 0 Å². The van der Waals surface area contributed by atoms with Crippen molar-refractivity contribution in [2.75, 3.05) is 36.0 Å². The normalized spacial score (nSPS) is 17.4. The molecule has 3 heterocycles. The van der Waals surface area contributed by atoms with Crippen LogP contribution < -0.4 is 15.4 Å². The highest BCUT2D eigenvalue weighted by Gasteiger charge is 2.22. The van der Waals surface area contributed by atoms with E-state index in [2.05, 4.69) is 30.8 Å². The number of fused-ring (bicyclic) bond motifs is 1. The summed E-state index contributed by atoms with van der Waals surface area (Å²) >= 11 is 0. The van der Waals surface area contributed by atoms with Crippen LogP contribution >= 0.6 is 0 Å². The third-order valence-corrected chi connectivity index (χ3v) is 6.21. The Labute approximate surface area is 174 Å². The second kappa shape index (κ2) is 7.75. The van der Waals surface area contributed by atoms with E-state index < -0.39 is 0 Å². The minimum Gasteiger partial charge on any atom is -0.368 e. The highest BCUT2D eigenvalue weighted by molar-refractivity contribution is 5.81. The molecule has 1 saturated heterocycles. The van der Waals surface area contributed by atoms with E-state index in [-0.39, 0.29) is 5.56 Å². The van der Waals surface area contributed by atoms with Gasteiger partial charge in [0, 0.05) is 50.3 Å². The summed E-state index contributed by atoms with van der Waals surface area (Å²) in [5, 5.41) is 9.95. The molecule has 2 aliphatic rings. The number of piperazine rings is 1. The first-order valence-electron chi connectivity index (χ1n) is 10.5. The fraction of sp³-hybridized carbons (Fsp3) is 0.409. The molecule has 1 aliphatic carbocycles. The van der Waals surface area contributed by atoms with Crippen LogP contribution in [-0.4, -0.2) is 45.7 Å². The maximum atomic E-state index is 12.9. The van der Waals surface area contributed by atoms with Crippen molar-refractivity contribution < 1.29 is 0 Å². The lowest BCUT2D eigenvalue weighted by Crippen LogP contribution is -2.47. The van der Waals surface area contributed by atoms with E-state index in [9.17, 15) is 10.1 Å². The zero-order chi connectivity index (χ0) is 20.5. The molecule has 0 amide bonds. The summed E-state index contributed by atoms with van der Waals surface area (Å²) in [5.41, 5.74) is 2.23. The second-order valence-electron chi connectivity index (χ2n) is 7.91. The van der Waals surface area contributed by atoms with Crippen LogP contribution in [-0.2, 0) is 0 Å². The van der Waals surface area contributed by atoms with Crippen LogP contribution in [0.25, 0.3) is 10.9 Å². The molecule has 0 N–H and O–H groups in total. The van der Waals surface area contributed by atoms with Gasteiger partial charge in [-0.3, -0.25) is 9.36 Å². The van der Waals surface area contributed by atoms with E-state index >= 15 is 0 Å². The van der Waals surface area contributed by atoms with Gasteiger partial charge in [0.25, 0.3) is 5.56 Å². The van der Waals surface area contributed by atoms with Gasteiger partial charge in [-0.1, -0.05) is 12.8 Å². The topological polar surface area (TPSA) is 90.9 Å². The zero-order valence-electron chi connectivity index (χ0n) is 16.7. The van der Waals surface area contributed by atoms with Crippen LogP contribution in [0.4, 0.5) is 11.5 Å². The molecule has 0 spiro atoms. The lowest BCUT2D eigenvalue weighted by molar-refractivity contribution is 0.499. The van der Waals surface area contributed by atoms with Crippen molar-refractivity contribution in [2.45, 2.75) is 31.7 Å². The fourth-order valence-electron chi connectivity index (χ4n) is 4.58. The van der Waals surface area contributed by atoms with Crippen molar-refractivity contribution in [2.24, 2.45) is 0 Å². The average molecular weight is 401 g/mol. The standard InChI is InChI=1S/C22H23N7O/c23-14-20-21(25-8-7-24-20)28-11-9-27(10-12-28)17-5-6-18-19(13-17)26-15-29(22(18)30)16-3-1-2-4-16/h5-8,13,15-16H,1-4,9-12H2. The van der Waals surface area contributed by atoms with Crippen molar-refractivity contribution in [3.05, 3.63) is 53.0 Å². The van der Waals surface area contributed by atoms with Crippen LogP contribution in [0.1, 0.15) is 37.4 Å². The quantitative estimate of drug-likeness (QED) is 0.666. The van der Waals surface area contributed by atoms with Crippen molar-refractivity contribution in [3.8, 4) is 6.07 Å². The van der Waals surface area contributed by atoms with E-state index in [0.29, 0.717) is 22.9 Å². The summed E-state index contributed by atoms with van der Waals surface area (Å²) in [6.07, 6.45) is 9.38. The molecule has 152 valence electrons. The maximum absolute atomic E-state index is 12.9. The second-order valence-corrected chi connectivity index (χ2v) is 7.91. The first-order chi connectivity index (χ1) is 14.7. The van der Waals surface area contributed by atoms with Crippen molar-refractivity contribution in [1.82, 2.24) is 19.5 Å². The molecule has 30 heavy (non-hydrogen) atoms. The Bertz CT molecular complexity index is 1170. The van der Waals surface area contributed by atoms with Gasteiger partial charge in [-0.25, -0.2) is 15.0 Å². The molecule has 0 unspecified atom stereocenters. The fourth-order valence-corrected chi connectivity index (χ4v) is 4.58. The van der Waals surface area contributed by atoms with Gasteiger partial charge in [0.2, 0.25) is 0 Å². The largest absolute Gasteiger partial charge is 0.368 e. The van der Waals surface area contributed by atoms with E-state index in [4.69, 9.17) is 0 Å². The number of anilines is 2. The molecule has 1 aromatic carbocycles. The van der Waals surface area contributed by atoms with E-state index in [0.717, 1.165) is 50.2 Å². The highest BCUT2D eigenvalue weighted by atomic mass is 16.1. The summed E-state index contributed by atoms with van der Waals surface area (Å²) in [6, 6.07) is 8.35. The Kier molecular flexibility index (Phi) is 4.79. The number of hydrogen-bond donors (Lipinski definition) is 0. The molecular formula is C22H23N7O. The lowest BCUT2D eigenvalue weighted by atomic mass is 10.1. The Morgan fingerprint density at radius 3 is 2.47 bits per heavy atom. The Morgan fingerprint density at radius 2 is 1.70 bits per heavy atom. The number of nitrogens with zero attached hydrogens (tertiary/aromatic N) is 7. The third kappa shape index (κ3) is 3.26. The van der Waals surface area contributed by atoms with Crippen molar-refractivity contribution >= 4 is 22.4 Å². The van der Waals surface area contributed by atoms with Gasteiger partial charge in [-0.05, 0) is 31.0 Å². The lowest BCUT2D eigenvalue weighted by Gasteiger charge is -2.36. The Balaban J connectivity index is 1.35. The molecule has 2 aromatic heterocycles. The first kappa shape index (κ1) is 18.6. The monoisotopic (exact) mass is 401 g/mol. The SMILES string of the molecule is N#Cc1nccnc1N1CCN(c2ccc3c(=O)n(C4CCCC4)cnc3c2)CC1. The Hall–Kier alpha value is -3.47. The van der Waals surface area contributed by atoms with E-state index in [1.54, 1.807) is 18.7 Å². The summed E-state index contributed by atoms with van der Waals surface area (Å²) in [7, 11) is 0. The number of hydrogen-bond acceptors (Lipinski definition) is 7. The molecule has 8 heteroatoms. The van der Waals surface area contributed by atoms with Crippen LogP contribution in [0, 0.1) is 11.3 Å². The molecule has 0 bridgehead atoms. The zero-order valence-corrected chi connectivity index (χ0v) is 16.7. The smallest absolute Gasteiger partial charge is 0.261 e. The van der Waals surface area contributed by atoms with Gasteiger partial charge in [0.1, 0.15) is 6.07 Å². The van der Waals surface area contributed by atoms with Gasteiger partial charge in [0.15, 0.2) is 11.5 Å². The molecule has 1 saturated carbocycles. The number of rotatable bonds is 3. The minimum absolute atomic E-state index is 0.0648. The van der Waals surface area contributed by atoms with Crippen molar-refractivity contribution in [1.29, 1.82) is 5.26 Å². The summed E-state index contributed by atoms with van der Waals surface area (Å²) in [6.45, 7) is 3.10. The van der Waals surface area contributed by atoms with E-state index in [1.807, 2.05) is 22.8 Å². The number of aromatic nitrogens is 4. The number of nitriles is 1. The van der Waals surface area contributed by atoms with Gasteiger partial charge in [-0.15, -0.1) is 0 Å². The summed E-state index contributed by atoms with van der Waals surface area (Å²) in [5.74, 6) is 0.646.